The van der Waals surface area contributed by atoms with Crippen LogP contribution in [0.5, 0.6) is 5.75 Å². The van der Waals surface area contributed by atoms with E-state index in [0.29, 0.717) is 22.9 Å². The molecule has 1 aromatic heterocycles. The highest BCUT2D eigenvalue weighted by Crippen LogP contribution is 2.19. The predicted molar refractivity (Wildman–Crippen MR) is 64.7 cm³/mol. The zero-order valence-electron chi connectivity index (χ0n) is 9.28. The third-order valence-corrected chi connectivity index (χ3v) is 2.73. The molecular formula is C13H11ClFNO. The van der Waals surface area contributed by atoms with E-state index in [2.05, 4.69) is 4.98 Å². The minimum atomic E-state index is -0.275. The SMILES string of the molecule is Cc1ccc(OCc2ccncc2Cl)cc1F. The molecule has 0 amide bonds. The number of pyridine rings is 1. The summed E-state index contributed by atoms with van der Waals surface area (Å²) < 4.78 is 18.7. The predicted octanol–water partition coefficient (Wildman–Crippen LogP) is 3.76. The molecule has 0 aliphatic rings. The Bertz CT molecular complexity index is 531. The molecule has 0 saturated heterocycles. The van der Waals surface area contributed by atoms with Crippen LogP contribution in [0.15, 0.2) is 36.7 Å². The quantitative estimate of drug-likeness (QED) is 0.829. The lowest BCUT2D eigenvalue weighted by molar-refractivity contribution is 0.304. The van der Waals surface area contributed by atoms with E-state index in [1.807, 2.05) is 0 Å². The molecule has 4 heteroatoms. The van der Waals surface area contributed by atoms with Crippen LogP contribution < -0.4 is 4.74 Å². The number of hydrogen-bond acceptors (Lipinski definition) is 2. The molecule has 0 atom stereocenters. The van der Waals surface area contributed by atoms with Crippen molar-refractivity contribution < 1.29 is 9.13 Å². The van der Waals surface area contributed by atoms with Gasteiger partial charge in [0.25, 0.3) is 0 Å². The van der Waals surface area contributed by atoms with Crippen molar-refractivity contribution in [3.05, 3.63) is 58.6 Å². The Labute approximate surface area is 104 Å². The summed E-state index contributed by atoms with van der Waals surface area (Å²) in [4.78, 5) is 3.88. The lowest BCUT2D eigenvalue weighted by Crippen LogP contribution is -1.97. The number of aromatic nitrogens is 1. The first-order valence-electron chi connectivity index (χ1n) is 5.14. The second-order valence-electron chi connectivity index (χ2n) is 3.67. The Morgan fingerprint density at radius 2 is 2.18 bits per heavy atom. The van der Waals surface area contributed by atoms with Crippen molar-refractivity contribution in [1.82, 2.24) is 4.98 Å². The molecule has 0 aliphatic heterocycles. The molecule has 1 heterocycles. The summed E-state index contributed by atoms with van der Waals surface area (Å²) in [6.45, 7) is 2.00. The molecular weight excluding hydrogens is 241 g/mol. The van der Waals surface area contributed by atoms with Gasteiger partial charge in [-0.05, 0) is 24.6 Å². The van der Waals surface area contributed by atoms with Gasteiger partial charge in [-0.3, -0.25) is 4.98 Å². The molecule has 0 N–H and O–H groups in total. The number of ether oxygens (including phenoxy) is 1. The van der Waals surface area contributed by atoms with Crippen LogP contribution in [-0.2, 0) is 6.61 Å². The maximum Gasteiger partial charge on any atom is 0.129 e. The molecule has 2 rings (SSSR count). The third-order valence-electron chi connectivity index (χ3n) is 2.39. The van der Waals surface area contributed by atoms with Crippen LogP contribution in [0.4, 0.5) is 4.39 Å². The highest BCUT2D eigenvalue weighted by molar-refractivity contribution is 6.31. The van der Waals surface area contributed by atoms with Gasteiger partial charge in [0.15, 0.2) is 0 Å². The van der Waals surface area contributed by atoms with Crippen molar-refractivity contribution in [2.75, 3.05) is 0 Å². The van der Waals surface area contributed by atoms with E-state index >= 15 is 0 Å². The molecule has 0 spiro atoms. The Hall–Kier alpha value is -1.61. The van der Waals surface area contributed by atoms with Crippen LogP contribution >= 0.6 is 11.6 Å². The van der Waals surface area contributed by atoms with E-state index < -0.39 is 0 Å². The fourth-order valence-corrected chi connectivity index (χ4v) is 1.52. The van der Waals surface area contributed by atoms with Crippen molar-refractivity contribution in [3.8, 4) is 5.75 Å². The number of nitrogens with zero attached hydrogens (tertiary/aromatic N) is 1. The van der Waals surface area contributed by atoms with E-state index in [1.54, 1.807) is 37.5 Å². The lowest BCUT2D eigenvalue weighted by Gasteiger charge is -2.08. The Morgan fingerprint density at radius 1 is 1.35 bits per heavy atom. The maximum atomic E-state index is 13.3. The van der Waals surface area contributed by atoms with Gasteiger partial charge in [-0.25, -0.2) is 4.39 Å². The number of aryl methyl sites for hydroxylation is 1. The molecule has 0 bridgehead atoms. The topological polar surface area (TPSA) is 22.1 Å². The normalized spacial score (nSPS) is 10.3. The molecule has 0 fully saturated rings. The summed E-state index contributed by atoms with van der Waals surface area (Å²) in [5, 5.41) is 0.542. The van der Waals surface area contributed by atoms with Crippen LogP contribution in [0, 0.1) is 12.7 Å². The lowest BCUT2D eigenvalue weighted by atomic mass is 10.2. The van der Waals surface area contributed by atoms with E-state index in [4.69, 9.17) is 16.3 Å². The van der Waals surface area contributed by atoms with Crippen molar-refractivity contribution in [2.24, 2.45) is 0 Å². The van der Waals surface area contributed by atoms with Crippen LogP contribution in [-0.4, -0.2) is 4.98 Å². The van der Waals surface area contributed by atoms with E-state index in [-0.39, 0.29) is 5.82 Å². The number of halogens is 2. The van der Waals surface area contributed by atoms with Gasteiger partial charge >= 0.3 is 0 Å². The molecule has 0 aliphatic carbocycles. The van der Waals surface area contributed by atoms with Crippen molar-refractivity contribution in [3.63, 3.8) is 0 Å². The molecule has 1 aromatic carbocycles. The number of benzene rings is 1. The minimum Gasteiger partial charge on any atom is -0.489 e. The molecule has 0 unspecified atom stereocenters. The summed E-state index contributed by atoms with van der Waals surface area (Å²) >= 11 is 5.93. The number of hydrogen-bond donors (Lipinski definition) is 0. The minimum absolute atomic E-state index is 0.275. The van der Waals surface area contributed by atoms with Gasteiger partial charge in [-0.2, -0.15) is 0 Å². The maximum absolute atomic E-state index is 13.3. The van der Waals surface area contributed by atoms with Gasteiger partial charge in [-0.15, -0.1) is 0 Å². The summed E-state index contributed by atoms with van der Waals surface area (Å²) in [7, 11) is 0. The van der Waals surface area contributed by atoms with Crippen LogP contribution in [0.25, 0.3) is 0 Å². The zero-order valence-corrected chi connectivity index (χ0v) is 10.0. The van der Waals surface area contributed by atoms with E-state index in [9.17, 15) is 4.39 Å². The zero-order chi connectivity index (χ0) is 12.3. The highest BCUT2D eigenvalue weighted by atomic mass is 35.5. The van der Waals surface area contributed by atoms with Gasteiger partial charge in [0.05, 0.1) is 5.02 Å². The smallest absolute Gasteiger partial charge is 0.129 e. The van der Waals surface area contributed by atoms with E-state index in [0.717, 1.165) is 5.56 Å². The summed E-state index contributed by atoms with van der Waals surface area (Å²) in [6, 6.07) is 6.55. The first-order chi connectivity index (χ1) is 8.16. The fraction of sp³-hybridized carbons (Fsp3) is 0.154. The first-order valence-corrected chi connectivity index (χ1v) is 5.52. The van der Waals surface area contributed by atoms with E-state index in [1.165, 1.54) is 6.07 Å². The summed E-state index contributed by atoms with van der Waals surface area (Å²) in [6.07, 6.45) is 3.19. The van der Waals surface area contributed by atoms with Crippen LogP contribution in [0.1, 0.15) is 11.1 Å². The van der Waals surface area contributed by atoms with Gasteiger partial charge in [0.2, 0.25) is 0 Å². The Balaban J connectivity index is 2.08. The standard InChI is InChI=1S/C13H11ClFNO/c1-9-2-3-11(6-13(9)15)17-8-10-4-5-16-7-12(10)14/h2-7H,8H2,1H3. The average molecular weight is 252 g/mol. The second kappa shape index (κ2) is 5.15. The summed E-state index contributed by atoms with van der Waals surface area (Å²) in [5.74, 6) is 0.212. The van der Waals surface area contributed by atoms with Gasteiger partial charge in [0, 0.05) is 24.0 Å². The van der Waals surface area contributed by atoms with Crippen molar-refractivity contribution in [1.29, 1.82) is 0 Å². The van der Waals surface area contributed by atoms with Crippen molar-refractivity contribution in [2.45, 2.75) is 13.5 Å². The molecule has 88 valence electrons. The molecule has 2 aromatic rings. The monoisotopic (exact) mass is 251 g/mol. The number of rotatable bonds is 3. The molecule has 0 radical (unpaired) electrons. The first kappa shape index (κ1) is 11.9. The largest absolute Gasteiger partial charge is 0.489 e. The Morgan fingerprint density at radius 3 is 2.88 bits per heavy atom. The molecule has 0 saturated carbocycles. The van der Waals surface area contributed by atoms with Crippen LogP contribution in [0.3, 0.4) is 0 Å². The molecule has 2 nitrogen and oxygen atoms in total. The fourth-order valence-electron chi connectivity index (χ4n) is 1.35. The molecule has 17 heavy (non-hydrogen) atoms. The van der Waals surface area contributed by atoms with Gasteiger partial charge < -0.3 is 4.74 Å². The second-order valence-corrected chi connectivity index (χ2v) is 4.07. The average Bonchev–Trinajstić information content (AvgIpc) is 2.32. The highest BCUT2D eigenvalue weighted by Gasteiger charge is 2.03. The Kier molecular flexibility index (Phi) is 3.59. The van der Waals surface area contributed by atoms with Gasteiger partial charge in [-0.1, -0.05) is 17.7 Å². The third kappa shape index (κ3) is 2.94. The van der Waals surface area contributed by atoms with Gasteiger partial charge in [0.1, 0.15) is 18.2 Å². The van der Waals surface area contributed by atoms with Crippen molar-refractivity contribution >= 4 is 11.6 Å². The summed E-state index contributed by atoms with van der Waals surface area (Å²) in [5.41, 5.74) is 1.42. The van der Waals surface area contributed by atoms with Crippen LogP contribution in [0.2, 0.25) is 5.02 Å².